The van der Waals surface area contributed by atoms with Crippen molar-refractivity contribution in [1.82, 2.24) is 0 Å². The standard InChI is InChI=1S/C15H15F2NO/c1-15(19,11-5-3-2-4-6-11)10-18-14-8-7-12(16)9-13(14)17/h2-9,18-19H,10H2,1H3. The number of anilines is 1. The maximum absolute atomic E-state index is 13.4. The summed E-state index contributed by atoms with van der Waals surface area (Å²) in [5, 5.41) is 13.1. The molecule has 0 fully saturated rings. The van der Waals surface area contributed by atoms with E-state index in [1.54, 1.807) is 19.1 Å². The van der Waals surface area contributed by atoms with E-state index in [0.29, 0.717) is 0 Å². The largest absolute Gasteiger partial charge is 0.384 e. The number of nitrogens with one attached hydrogen (secondary N) is 1. The van der Waals surface area contributed by atoms with Crippen LogP contribution in [0.3, 0.4) is 0 Å². The van der Waals surface area contributed by atoms with Crippen LogP contribution in [0.1, 0.15) is 12.5 Å². The van der Waals surface area contributed by atoms with Crippen LogP contribution in [0.5, 0.6) is 0 Å². The van der Waals surface area contributed by atoms with Crippen molar-refractivity contribution in [3.63, 3.8) is 0 Å². The minimum atomic E-state index is -1.14. The quantitative estimate of drug-likeness (QED) is 0.887. The summed E-state index contributed by atoms with van der Waals surface area (Å²) in [6.45, 7) is 1.76. The molecule has 19 heavy (non-hydrogen) atoms. The normalized spacial score (nSPS) is 13.9. The second-order valence-electron chi connectivity index (χ2n) is 4.62. The molecule has 2 nitrogen and oxygen atoms in total. The van der Waals surface area contributed by atoms with Gasteiger partial charge in [0.25, 0.3) is 0 Å². The summed E-state index contributed by atoms with van der Waals surface area (Å²) in [6.07, 6.45) is 0. The van der Waals surface area contributed by atoms with E-state index >= 15 is 0 Å². The van der Waals surface area contributed by atoms with Gasteiger partial charge in [-0.15, -0.1) is 0 Å². The summed E-state index contributed by atoms with van der Waals surface area (Å²) in [6, 6.07) is 12.4. The Morgan fingerprint density at radius 1 is 1.11 bits per heavy atom. The molecule has 0 aromatic heterocycles. The Kier molecular flexibility index (Phi) is 3.81. The summed E-state index contributed by atoms with van der Waals surface area (Å²) in [7, 11) is 0. The molecule has 0 bridgehead atoms. The van der Waals surface area contributed by atoms with Crippen molar-refractivity contribution >= 4 is 5.69 Å². The van der Waals surface area contributed by atoms with Crippen LogP contribution >= 0.6 is 0 Å². The molecule has 0 aliphatic carbocycles. The molecule has 1 unspecified atom stereocenters. The molecule has 0 radical (unpaired) electrons. The average Bonchev–Trinajstić information content (AvgIpc) is 2.39. The summed E-state index contributed by atoms with van der Waals surface area (Å²) < 4.78 is 26.2. The predicted molar refractivity (Wildman–Crippen MR) is 70.9 cm³/mol. The molecule has 100 valence electrons. The van der Waals surface area contributed by atoms with Gasteiger partial charge >= 0.3 is 0 Å². The first kappa shape index (κ1) is 13.5. The Hall–Kier alpha value is -1.94. The molecular weight excluding hydrogens is 248 g/mol. The first-order valence-corrected chi connectivity index (χ1v) is 5.96. The lowest BCUT2D eigenvalue weighted by atomic mass is 9.96. The van der Waals surface area contributed by atoms with Gasteiger partial charge in [0.1, 0.15) is 17.2 Å². The monoisotopic (exact) mass is 263 g/mol. The van der Waals surface area contributed by atoms with E-state index in [0.717, 1.165) is 11.6 Å². The van der Waals surface area contributed by atoms with E-state index in [9.17, 15) is 13.9 Å². The van der Waals surface area contributed by atoms with Crippen molar-refractivity contribution in [1.29, 1.82) is 0 Å². The fraction of sp³-hybridized carbons (Fsp3) is 0.200. The van der Waals surface area contributed by atoms with Crippen molar-refractivity contribution in [2.24, 2.45) is 0 Å². The summed E-state index contributed by atoms with van der Waals surface area (Å²) in [4.78, 5) is 0. The molecule has 2 rings (SSSR count). The van der Waals surface area contributed by atoms with E-state index in [2.05, 4.69) is 5.32 Å². The van der Waals surface area contributed by atoms with E-state index in [-0.39, 0.29) is 12.2 Å². The van der Waals surface area contributed by atoms with Gasteiger partial charge in [-0.3, -0.25) is 0 Å². The molecule has 2 aromatic carbocycles. The van der Waals surface area contributed by atoms with Crippen molar-refractivity contribution in [2.75, 3.05) is 11.9 Å². The molecule has 0 spiro atoms. The zero-order valence-electron chi connectivity index (χ0n) is 10.5. The van der Waals surface area contributed by atoms with Gasteiger partial charge in [0, 0.05) is 12.6 Å². The Labute approximate surface area is 110 Å². The van der Waals surface area contributed by atoms with Crippen LogP contribution in [0.25, 0.3) is 0 Å². The number of halogens is 2. The molecule has 0 aliphatic rings. The highest BCUT2D eigenvalue weighted by Crippen LogP contribution is 2.22. The van der Waals surface area contributed by atoms with E-state index < -0.39 is 17.2 Å². The van der Waals surface area contributed by atoms with Gasteiger partial charge in [-0.1, -0.05) is 30.3 Å². The van der Waals surface area contributed by atoms with Crippen LogP contribution in [0, 0.1) is 11.6 Å². The zero-order valence-corrected chi connectivity index (χ0v) is 10.5. The van der Waals surface area contributed by atoms with Crippen LogP contribution in [0.2, 0.25) is 0 Å². The first-order valence-electron chi connectivity index (χ1n) is 5.96. The van der Waals surface area contributed by atoms with Gasteiger partial charge in [0.15, 0.2) is 0 Å². The lowest BCUT2D eigenvalue weighted by molar-refractivity contribution is 0.0715. The zero-order chi connectivity index (χ0) is 13.9. The summed E-state index contributed by atoms with van der Waals surface area (Å²) in [5.41, 5.74) is -0.245. The molecule has 0 aliphatic heterocycles. The maximum Gasteiger partial charge on any atom is 0.149 e. The number of benzene rings is 2. The summed E-state index contributed by atoms with van der Waals surface area (Å²) in [5.74, 6) is -1.30. The molecule has 2 aromatic rings. The predicted octanol–water partition coefficient (Wildman–Crippen LogP) is 3.28. The third kappa shape index (κ3) is 3.29. The van der Waals surface area contributed by atoms with E-state index in [1.807, 2.05) is 18.2 Å². The second-order valence-corrected chi connectivity index (χ2v) is 4.62. The molecule has 2 N–H and O–H groups in total. The Bertz CT molecular complexity index is 555. The van der Waals surface area contributed by atoms with Crippen LogP contribution in [0.4, 0.5) is 14.5 Å². The molecule has 0 amide bonds. The number of hydrogen-bond donors (Lipinski definition) is 2. The Morgan fingerprint density at radius 3 is 2.42 bits per heavy atom. The van der Waals surface area contributed by atoms with E-state index in [4.69, 9.17) is 0 Å². The average molecular weight is 263 g/mol. The van der Waals surface area contributed by atoms with Gasteiger partial charge in [-0.2, -0.15) is 0 Å². The Morgan fingerprint density at radius 2 is 1.79 bits per heavy atom. The van der Waals surface area contributed by atoms with Crippen molar-refractivity contribution in [2.45, 2.75) is 12.5 Å². The lowest BCUT2D eigenvalue weighted by Gasteiger charge is -2.25. The third-order valence-corrected chi connectivity index (χ3v) is 2.95. The minimum absolute atomic E-state index is 0.125. The third-order valence-electron chi connectivity index (χ3n) is 2.95. The minimum Gasteiger partial charge on any atom is -0.384 e. The highest BCUT2D eigenvalue weighted by molar-refractivity contribution is 5.45. The lowest BCUT2D eigenvalue weighted by Crippen LogP contribution is -2.30. The maximum atomic E-state index is 13.4. The smallest absolute Gasteiger partial charge is 0.149 e. The van der Waals surface area contributed by atoms with Gasteiger partial charge in [0.2, 0.25) is 0 Å². The number of aliphatic hydroxyl groups is 1. The van der Waals surface area contributed by atoms with Crippen LogP contribution < -0.4 is 5.32 Å². The van der Waals surface area contributed by atoms with Crippen LogP contribution in [-0.2, 0) is 5.60 Å². The topological polar surface area (TPSA) is 32.3 Å². The van der Waals surface area contributed by atoms with Gasteiger partial charge in [-0.05, 0) is 24.6 Å². The van der Waals surface area contributed by atoms with Crippen LogP contribution in [0.15, 0.2) is 48.5 Å². The molecular formula is C15H15F2NO. The van der Waals surface area contributed by atoms with E-state index in [1.165, 1.54) is 12.1 Å². The van der Waals surface area contributed by atoms with Crippen molar-refractivity contribution in [3.8, 4) is 0 Å². The molecule has 0 saturated carbocycles. The second kappa shape index (κ2) is 5.36. The number of hydrogen-bond acceptors (Lipinski definition) is 2. The highest BCUT2D eigenvalue weighted by atomic mass is 19.1. The molecule has 1 atom stereocenters. The van der Waals surface area contributed by atoms with Gasteiger partial charge in [-0.25, -0.2) is 8.78 Å². The fourth-order valence-electron chi connectivity index (χ4n) is 1.80. The molecule has 0 heterocycles. The summed E-state index contributed by atoms with van der Waals surface area (Å²) >= 11 is 0. The van der Waals surface area contributed by atoms with Crippen molar-refractivity contribution in [3.05, 3.63) is 65.7 Å². The van der Waals surface area contributed by atoms with Crippen molar-refractivity contribution < 1.29 is 13.9 Å². The molecule has 0 saturated heterocycles. The first-order chi connectivity index (χ1) is 8.99. The SMILES string of the molecule is CC(O)(CNc1ccc(F)cc1F)c1ccccc1. The van der Waals surface area contributed by atoms with Gasteiger partial charge < -0.3 is 10.4 Å². The number of rotatable bonds is 4. The highest BCUT2D eigenvalue weighted by Gasteiger charge is 2.22. The Balaban J connectivity index is 2.09. The molecule has 4 heteroatoms. The van der Waals surface area contributed by atoms with Gasteiger partial charge in [0.05, 0.1) is 5.69 Å². The van der Waals surface area contributed by atoms with Crippen LogP contribution in [-0.4, -0.2) is 11.7 Å². The fourth-order valence-corrected chi connectivity index (χ4v) is 1.80.